The Morgan fingerprint density at radius 1 is 1.20 bits per heavy atom. The van der Waals surface area contributed by atoms with Crippen LogP contribution in [0.3, 0.4) is 0 Å². The molecule has 0 spiro atoms. The van der Waals surface area contributed by atoms with Crippen LogP contribution in [-0.4, -0.2) is 33.1 Å². The predicted octanol–water partition coefficient (Wildman–Crippen LogP) is 5.69. The molecule has 2 aromatic carbocycles. The van der Waals surface area contributed by atoms with Gasteiger partial charge >= 0.3 is 5.97 Å². The molecule has 4 rings (SSSR count). The molecule has 1 aliphatic rings. The van der Waals surface area contributed by atoms with Crippen molar-refractivity contribution in [3.8, 4) is 5.75 Å². The number of aromatic nitrogens is 3. The second-order valence-electron chi connectivity index (χ2n) is 8.28. The Morgan fingerprint density at radius 3 is 2.71 bits per heavy atom. The van der Waals surface area contributed by atoms with Gasteiger partial charge in [0.2, 0.25) is 11.1 Å². The first-order valence-corrected chi connectivity index (χ1v) is 12.6. The Bertz CT molecular complexity index is 1230. The van der Waals surface area contributed by atoms with Crippen molar-refractivity contribution in [1.82, 2.24) is 14.8 Å². The number of nitrogens with zero attached hydrogens (tertiary/aromatic N) is 3. The van der Waals surface area contributed by atoms with Gasteiger partial charge in [0.1, 0.15) is 25.0 Å². The van der Waals surface area contributed by atoms with E-state index in [0.29, 0.717) is 34.7 Å². The number of esters is 1. The van der Waals surface area contributed by atoms with Gasteiger partial charge in [0.05, 0.1) is 5.57 Å². The summed E-state index contributed by atoms with van der Waals surface area (Å²) in [6, 6.07) is 15.4. The van der Waals surface area contributed by atoms with E-state index in [1.807, 2.05) is 31.2 Å². The van der Waals surface area contributed by atoms with Crippen LogP contribution in [0.25, 0.3) is 0 Å². The van der Waals surface area contributed by atoms with Crippen molar-refractivity contribution in [1.29, 1.82) is 0 Å². The van der Waals surface area contributed by atoms with E-state index in [4.69, 9.17) is 14.6 Å². The third-order valence-electron chi connectivity index (χ3n) is 5.55. The molecule has 1 atom stereocenters. The van der Waals surface area contributed by atoms with Crippen LogP contribution in [0.4, 0.5) is 5.95 Å². The van der Waals surface area contributed by atoms with Crippen LogP contribution in [0.5, 0.6) is 5.75 Å². The van der Waals surface area contributed by atoms with Crippen LogP contribution < -0.4 is 10.1 Å². The van der Waals surface area contributed by atoms with Crippen molar-refractivity contribution in [2.45, 2.75) is 45.0 Å². The lowest BCUT2D eigenvalue weighted by Gasteiger charge is -2.29. The Hall–Kier alpha value is -3.52. The molecule has 0 fully saturated rings. The van der Waals surface area contributed by atoms with Gasteiger partial charge in [-0.25, -0.2) is 9.48 Å². The van der Waals surface area contributed by atoms with Crippen LogP contribution in [0.15, 0.2) is 77.6 Å². The van der Waals surface area contributed by atoms with E-state index in [2.05, 4.69) is 55.0 Å². The molecule has 2 heterocycles. The monoisotopic (exact) mass is 490 g/mol. The zero-order valence-corrected chi connectivity index (χ0v) is 21.1. The summed E-state index contributed by atoms with van der Waals surface area (Å²) in [5.74, 6) is 1.73. The molecule has 1 aromatic heterocycles. The summed E-state index contributed by atoms with van der Waals surface area (Å²) in [6.45, 7) is 10.2. The SMILES string of the molecule is C=CCOC(=O)C1=C(C)Nc2nc(SCCC)nn2C1c1ccccc1OCc1ccc(C)cc1. The van der Waals surface area contributed by atoms with E-state index in [1.54, 1.807) is 22.5 Å². The number of hydrogen-bond donors (Lipinski definition) is 1. The fourth-order valence-corrected chi connectivity index (χ4v) is 4.52. The highest BCUT2D eigenvalue weighted by Crippen LogP contribution is 2.40. The summed E-state index contributed by atoms with van der Waals surface area (Å²) < 4.78 is 13.5. The molecule has 182 valence electrons. The number of benzene rings is 2. The number of fused-ring (bicyclic) bond motifs is 1. The van der Waals surface area contributed by atoms with Gasteiger partial charge in [0.25, 0.3) is 0 Å². The molecule has 8 heteroatoms. The fraction of sp³-hybridized carbons (Fsp3) is 0.296. The summed E-state index contributed by atoms with van der Waals surface area (Å²) in [4.78, 5) is 17.8. The van der Waals surface area contributed by atoms with E-state index in [9.17, 15) is 4.79 Å². The van der Waals surface area contributed by atoms with E-state index < -0.39 is 12.0 Å². The molecule has 0 bridgehead atoms. The molecule has 7 nitrogen and oxygen atoms in total. The lowest BCUT2D eigenvalue weighted by Crippen LogP contribution is -2.30. The van der Waals surface area contributed by atoms with Crippen molar-refractivity contribution in [2.75, 3.05) is 17.7 Å². The standard InChI is InChI=1S/C27H30N4O3S/c1-5-15-33-25(32)23-19(4)28-26-29-27(35-16-6-2)30-31(26)24(23)21-9-7-8-10-22(21)34-17-20-13-11-18(3)12-14-20/h5,7-14,24H,1,6,15-17H2,2-4H3,(H,28,29,30). The molecular formula is C27H30N4O3S. The first-order valence-electron chi connectivity index (χ1n) is 11.6. The van der Waals surface area contributed by atoms with Gasteiger partial charge in [0, 0.05) is 17.0 Å². The van der Waals surface area contributed by atoms with Crippen LogP contribution in [0.2, 0.25) is 0 Å². The van der Waals surface area contributed by atoms with Gasteiger partial charge in [-0.1, -0.05) is 79.4 Å². The number of para-hydroxylation sites is 1. The highest BCUT2D eigenvalue weighted by Gasteiger charge is 2.36. The summed E-state index contributed by atoms with van der Waals surface area (Å²) in [6.07, 6.45) is 2.57. The largest absolute Gasteiger partial charge is 0.489 e. The molecule has 0 amide bonds. The number of carbonyl (C=O) groups is 1. The predicted molar refractivity (Wildman–Crippen MR) is 139 cm³/mol. The van der Waals surface area contributed by atoms with Crippen LogP contribution in [-0.2, 0) is 16.1 Å². The Morgan fingerprint density at radius 2 is 1.97 bits per heavy atom. The average Bonchev–Trinajstić information content (AvgIpc) is 3.27. The number of hydrogen-bond acceptors (Lipinski definition) is 7. The minimum Gasteiger partial charge on any atom is -0.489 e. The van der Waals surface area contributed by atoms with Crippen molar-refractivity contribution < 1.29 is 14.3 Å². The first kappa shape index (κ1) is 24.6. The van der Waals surface area contributed by atoms with Crippen LogP contribution in [0.1, 0.15) is 43.0 Å². The topological polar surface area (TPSA) is 78.3 Å². The van der Waals surface area contributed by atoms with Gasteiger partial charge in [-0.15, -0.1) is 5.10 Å². The Balaban J connectivity index is 1.74. The van der Waals surface area contributed by atoms with Gasteiger partial charge in [-0.05, 0) is 31.9 Å². The number of anilines is 1. The number of ether oxygens (including phenoxy) is 2. The molecule has 1 unspecified atom stereocenters. The van der Waals surface area contributed by atoms with Crippen molar-refractivity contribution in [3.63, 3.8) is 0 Å². The molecule has 3 aromatic rings. The average molecular weight is 491 g/mol. The molecule has 0 saturated carbocycles. The van der Waals surface area contributed by atoms with Crippen LogP contribution in [0, 0.1) is 6.92 Å². The minimum absolute atomic E-state index is 0.121. The van der Waals surface area contributed by atoms with Gasteiger partial charge in [-0.2, -0.15) is 4.98 Å². The van der Waals surface area contributed by atoms with E-state index in [0.717, 1.165) is 23.3 Å². The lowest BCUT2D eigenvalue weighted by atomic mass is 9.95. The molecule has 0 aliphatic carbocycles. The Kier molecular flexibility index (Phi) is 7.92. The zero-order chi connectivity index (χ0) is 24.8. The number of thioether (sulfide) groups is 1. The Labute approximate surface area is 210 Å². The van der Waals surface area contributed by atoms with Crippen molar-refractivity contribution in [3.05, 3.63) is 89.1 Å². The second-order valence-corrected chi connectivity index (χ2v) is 9.34. The lowest BCUT2D eigenvalue weighted by molar-refractivity contribution is -0.138. The van der Waals surface area contributed by atoms with Gasteiger partial charge in [0.15, 0.2) is 0 Å². The fourth-order valence-electron chi connectivity index (χ4n) is 3.83. The summed E-state index contributed by atoms with van der Waals surface area (Å²) >= 11 is 1.59. The summed E-state index contributed by atoms with van der Waals surface area (Å²) in [7, 11) is 0. The molecule has 0 radical (unpaired) electrons. The normalized spacial score (nSPS) is 14.8. The number of aryl methyl sites for hydroxylation is 1. The maximum absolute atomic E-state index is 13.2. The third kappa shape index (κ3) is 5.59. The molecule has 35 heavy (non-hydrogen) atoms. The first-order chi connectivity index (χ1) is 17.0. The van der Waals surface area contributed by atoms with E-state index in [-0.39, 0.29) is 6.61 Å². The van der Waals surface area contributed by atoms with E-state index >= 15 is 0 Å². The maximum Gasteiger partial charge on any atom is 0.338 e. The second kappa shape index (κ2) is 11.3. The molecule has 0 saturated heterocycles. The minimum atomic E-state index is -0.554. The quantitative estimate of drug-likeness (QED) is 0.222. The number of nitrogens with one attached hydrogen (secondary N) is 1. The van der Waals surface area contributed by atoms with Crippen molar-refractivity contribution >= 4 is 23.7 Å². The van der Waals surface area contributed by atoms with Gasteiger partial charge < -0.3 is 14.8 Å². The smallest absolute Gasteiger partial charge is 0.338 e. The van der Waals surface area contributed by atoms with E-state index in [1.165, 1.54) is 5.56 Å². The summed E-state index contributed by atoms with van der Waals surface area (Å²) in [5, 5.41) is 8.64. The molecule has 1 aliphatic heterocycles. The maximum atomic E-state index is 13.2. The third-order valence-corrected chi connectivity index (χ3v) is 6.59. The molecular weight excluding hydrogens is 460 g/mol. The highest BCUT2D eigenvalue weighted by molar-refractivity contribution is 7.99. The highest BCUT2D eigenvalue weighted by atomic mass is 32.2. The zero-order valence-electron chi connectivity index (χ0n) is 20.3. The molecule has 1 N–H and O–H groups in total. The van der Waals surface area contributed by atoms with Crippen molar-refractivity contribution in [2.24, 2.45) is 0 Å². The number of allylic oxidation sites excluding steroid dienone is 1. The van der Waals surface area contributed by atoms with Crippen LogP contribution >= 0.6 is 11.8 Å². The van der Waals surface area contributed by atoms with Gasteiger partial charge in [-0.3, -0.25) is 0 Å². The number of rotatable bonds is 10. The number of carbonyl (C=O) groups excluding carboxylic acids is 1. The summed E-state index contributed by atoms with van der Waals surface area (Å²) in [5.41, 5.74) is 4.20.